The number of nitrogens with one attached hydrogen (secondary N) is 2. The van der Waals surface area contributed by atoms with Gasteiger partial charge in [0.1, 0.15) is 0 Å². The molecular formula is C21H30N8O3S. The van der Waals surface area contributed by atoms with Crippen LogP contribution in [0, 0.1) is 0 Å². The number of piperidine rings is 1. The largest absolute Gasteiger partial charge is 0.354 e. The average Bonchev–Trinajstić information content (AvgIpc) is 3.12. The lowest BCUT2D eigenvalue weighted by Crippen LogP contribution is -2.44. The van der Waals surface area contributed by atoms with Crippen LogP contribution in [0.2, 0.25) is 0 Å². The molecule has 3 heterocycles. The molecule has 0 saturated carbocycles. The Morgan fingerprint density at radius 3 is 2.64 bits per heavy atom. The molecule has 0 amide bonds. The Bertz CT molecular complexity index is 1290. The number of nitrogens with two attached hydrogens (primary N) is 1. The third-order valence-electron chi connectivity index (χ3n) is 5.66. The van der Waals surface area contributed by atoms with Crippen LogP contribution >= 0.6 is 0 Å². The van der Waals surface area contributed by atoms with Crippen molar-refractivity contribution < 1.29 is 8.42 Å². The van der Waals surface area contributed by atoms with E-state index < -0.39 is 10.0 Å². The Morgan fingerprint density at radius 1 is 1.18 bits per heavy atom. The maximum atomic E-state index is 13.4. The van der Waals surface area contributed by atoms with Crippen LogP contribution in [0.4, 0.5) is 11.9 Å². The van der Waals surface area contributed by atoms with Gasteiger partial charge in [0.15, 0.2) is 11.2 Å². The zero-order valence-electron chi connectivity index (χ0n) is 18.9. The monoisotopic (exact) mass is 474 g/mol. The quantitative estimate of drug-likeness (QED) is 0.390. The molecule has 12 heteroatoms. The second kappa shape index (κ2) is 9.49. The highest BCUT2D eigenvalue weighted by molar-refractivity contribution is 7.88. The van der Waals surface area contributed by atoms with E-state index in [-0.39, 0.29) is 24.7 Å². The zero-order chi connectivity index (χ0) is 23.6. The van der Waals surface area contributed by atoms with E-state index in [1.54, 1.807) is 7.05 Å². The number of aromatic nitrogens is 4. The van der Waals surface area contributed by atoms with Crippen LogP contribution in [-0.4, -0.2) is 66.0 Å². The molecule has 1 aliphatic rings. The van der Waals surface area contributed by atoms with Crippen molar-refractivity contribution in [2.45, 2.75) is 25.4 Å². The van der Waals surface area contributed by atoms with Crippen LogP contribution in [0.1, 0.15) is 18.4 Å². The first kappa shape index (κ1) is 23.2. The summed E-state index contributed by atoms with van der Waals surface area (Å²) in [5.74, 6) is 1.01. The van der Waals surface area contributed by atoms with Gasteiger partial charge in [-0.3, -0.25) is 13.9 Å². The van der Waals surface area contributed by atoms with Crippen LogP contribution in [0.5, 0.6) is 0 Å². The minimum Gasteiger partial charge on any atom is -0.354 e. The Balaban J connectivity index is 1.73. The molecule has 2 aromatic heterocycles. The van der Waals surface area contributed by atoms with Crippen molar-refractivity contribution in [1.29, 1.82) is 0 Å². The lowest BCUT2D eigenvalue weighted by Gasteiger charge is -2.31. The van der Waals surface area contributed by atoms with Gasteiger partial charge in [-0.05, 0) is 18.4 Å². The normalized spacial score (nSPS) is 16.9. The number of anilines is 2. The van der Waals surface area contributed by atoms with Crippen molar-refractivity contribution in [2.24, 2.45) is 12.8 Å². The molecule has 0 radical (unpaired) electrons. The summed E-state index contributed by atoms with van der Waals surface area (Å²) in [7, 11) is -1.65. The molecule has 1 atom stereocenters. The number of rotatable bonds is 8. The molecule has 33 heavy (non-hydrogen) atoms. The lowest BCUT2D eigenvalue weighted by atomic mass is 10.1. The first-order valence-electron chi connectivity index (χ1n) is 10.9. The Hall–Kier alpha value is -2.96. The van der Waals surface area contributed by atoms with Crippen LogP contribution in [-0.2, 0) is 23.6 Å². The molecule has 0 aliphatic carbocycles. The van der Waals surface area contributed by atoms with E-state index in [1.165, 1.54) is 4.57 Å². The summed E-state index contributed by atoms with van der Waals surface area (Å²) in [5.41, 5.74) is 7.82. The van der Waals surface area contributed by atoms with Gasteiger partial charge in [-0.25, -0.2) is 13.1 Å². The molecule has 4 rings (SSSR count). The van der Waals surface area contributed by atoms with Gasteiger partial charge >= 0.3 is 0 Å². The second-order valence-corrected chi connectivity index (χ2v) is 10.2. The van der Waals surface area contributed by atoms with Crippen LogP contribution in [0.25, 0.3) is 11.2 Å². The Kier molecular flexibility index (Phi) is 6.68. The fourth-order valence-electron chi connectivity index (χ4n) is 4.07. The van der Waals surface area contributed by atoms with Gasteiger partial charge in [-0.15, -0.1) is 0 Å². The van der Waals surface area contributed by atoms with E-state index in [0.29, 0.717) is 36.2 Å². The molecular weight excluding hydrogens is 444 g/mol. The first-order valence-corrected chi connectivity index (χ1v) is 12.8. The molecule has 0 spiro atoms. The zero-order valence-corrected chi connectivity index (χ0v) is 19.7. The molecule has 1 fully saturated rings. The molecule has 1 aliphatic heterocycles. The van der Waals surface area contributed by atoms with Gasteiger partial charge in [0.25, 0.3) is 5.56 Å². The Labute approximate surface area is 192 Å². The SMILES string of the molecule is Cn1c(NCCNS(C)(=O)=O)nc2nc(N3CCCC(N)C3)n(Cc3ccccc3)c2c1=O. The Morgan fingerprint density at radius 2 is 1.94 bits per heavy atom. The number of sulfonamides is 1. The number of fused-ring (bicyclic) bond motifs is 1. The highest BCUT2D eigenvalue weighted by atomic mass is 32.2. The summed E-state index contributed by atoms with van der Waals surface area (Å²) in [6.07, 6.45) is 3.02. The van der Waals surface area contributed by atoms with E-state index >= 15 is 0 Å². The topological polar surface area (TPSA) is 140 Å². The summed E-state index contributed by atoms with van der Waals surface area (Å²) in [5, 5.41) is 3.03. The number of benzene rings is 1. The van der Waals surface area contributed by atoms with Crippen LogP contribution in [0.15, 0.2) is 35.1 Å². The minimum absolute atomic E-state index is 0.0547. The van der Waals surface area contributed by atoms with E-state index in [4.69, 9.17) is 10.7 Å². The second-order valence-electron chi connectivity index (χ2n) is 8.40. The van der Waals surface area contributed by atoms with Crippen LogP contribution in [0.3, 0.4) is 0 Å². The standard InChI is InChI=1S/C21H30N8O3S/c1-27-19(30)17-18(25-20(27)23-10-11-24-33(2,31)32)26-21(28-12-6-9-16(22)14-28)29(17)13-15-7-4-3-5-8-15/h3-5,7-8,16,24H,6,9-14,22H2,1-2H3,(H,23,25). The first-order chi connectivity index (χ1) is 15.7. The fourth-order valence-corrected chi connectivity index (χ4v) is 4.54. The third-order valence-corrected chi connectivity index (χ3v) is 6.39. The van der Waals surface area contributed by atoms with E-state index in [1.807, 2.05) is 34.9 Å². The molecule has 4 N–H and O–H groups in total. The van der Waals surface area contributed by atoms with Crippen molar-refractivity contribution in [1.82, 2.24) is 23.8 Å². The molecule has 178 valence electrons. The van der Waals surface area contributed by atoms with Gasteiger partial charge in [0.2, 0.25) is 21.9 Å². The molecule has 1 aromatic carbocycles. The van der Waals surface area contributed by atoms with E-state index in [9.17, 15) is 13.2 Å². The van der Waals surface area contributed by atoms with Crippen molar-refractivity contribution >= 4 is 33.1 Å². The van der Waals surface area contributed by atoms with Gasteiger partial charge in [0.05, 0.1) is 12.8 Å². The number of imidazole rings is 1. The summed E-state index contributed by atoms with van der Waals surface area (Å²) < 4.78 is 28.3. The molecule has 0 bridgehead atoms. The lowest BCUT2D eigenvalue weighted by molar-refractivity contribution is 0.495. The molecule has 1 saturated heterocycles. The summed E-state index contributed by atoms with van der Waals surface area (Å²) in [6, 6.07) is 9.97. The van der Waals surface area contributed by atoms with Crippen molar-refractivity contribution in [3.63, 3.8) is 0 Å². The smallest absolute Gasteiger partial charge is 0.281 e. The summed E-state index contributed by atoms with van der Waals surface area (Å²) in [4.78, 5) is 24.9. The number of hydrogen-bond acceptors (Lipinski definition) is 8. The maximum Gasteiger partial charge on any atom is 0.281 e. The molecule has 3 aromatic rings. The van der Waals surface area contributed by atoms with Crippen molar-refractivity contribution in [3.8, 4) is 0 Å². The molecule has 11 nitrogen and oxygen atoms in total. The average molecular weight is 475 g/mol. The van der Waals surface area contributed by atoms with Crippen LogP contribution < -0.4 is 26.2 Å². The van der Waals surface area contributed by atoms with Crippen molar-refractivity contribution in [2.75, 3.05) is 42.7 Å². The highest BCUT2D eigenvalue weighted by Gasteiger charge is 2.25. The van der Waals surface area contributed by atoms with Gasteiger partial charge < -0.3 is 16.0 Å². The third kappa shape index (κ3) is 5.34. The molecule has 1 unspecified atom stereocenters. The maximum absolute atomic E-state index is 13.4. The summed E-state index contributed by atoms with van der Waals surface area (Å²) in [6.45, 7) is 2.42. The fraction of sp³-hybridized carbons (Fsp3) is 0.476. The predicted molar refractivity (Wildman–Crippen MR) is 129 cm³/mol. The minimum atomic E-state index is -3.29. The van der Waals surface area contributed by atoms with E-state index in [2.05, 4.69) is 19.9 Å². The van der Waals surface area contributed by atoms with E-state index in [0.717, 1.165) is 31.2 Å². The number of hydrogen-bond donors (Lipinski definition) is 3. The predicted octanol–water partition coefficient (Wildman–Crippen LogP) is 0.0669. The van der Waals surface area contributed by atoms with Crippen molar-refractivity contribution in [3.05, 3.63) is 46.2 Å². The summed E-state index contributed by atoms with van der Waals surface area (Å²) >= 11 is 0. The van der Waals surface area contributed by atoms with Gasteiger partial charge in [-0.2, -0.15) is 9.97 Å². The van der Waals surface area contributed by atoms with Gasteiger partial charge in [-0.1, -0.05) is 30.3 Å². The highest BCUT2D eigenvalue weighted by Crippen LogP contribution is 2.24. The number of nitrogens with zero attached hydrogens (tertiary/aromatic N) is 5. The van der Waals surface area contributed by atoms with Gasteiger partial charge in [0, 0.05) is 39.3 Å².